The van der Waals surface area contributed by atoms with Gasteiger partial charge in [-0.05, 0) is 12.5 Å². The van der Waals surface area contributed by atoms with Crippen molar-refractivity contribution in [2.24, 2.45) is 0 Å². The molecule has 1 N–H and O–H groups in total. The number of hydrogen-bond donors (Lipinski definition) is 1. The average molecular weight is 570 g/mol. The zero-order chi connectivity index (χ0) is 27.5. The summed E-state index contributed by atoms with van der Waals surface area (Å²) in [4.78, 5) is 26.1. The van der Waals surface area contributed by atoms with E-state index in [0.717, 1.165) is 11.2 Å². The Bertz CT molecular complexity index is 1060. The monoisotopic (exact) mass is 569 g/mol. The maximum Gasteiger partial charge on any atom is 0.434 e. The second kappa shape index (κ2) is 11.3. The molecule has 1 aromatic carbocycles. The number of nitrogens with zero attached hydrogens (tertiary/aromatic N) is 2. The van der Waals surface area contributed by atoms with E-state index in [0.29, 0.717) is 11.1 Å². The molecule has 1 saturated heterocycles. The van der Waals surface area contributed by atoms with Crippen LogP contribution in [0.1, 0.15) is 11.1 Å². The smallest absolute Gasteiger partial charge is 0.434 e. The third-order valence-corrected chi connectivity index (χ3v) is 5.92. The molecule has 9 nitrogen and oxygen atoms in total. The molecule has 0 atom stereocenters. The molecule has 1 aromatic rings. The highest BCUT2D eigenvalue weighted by Gasteiger charge is 2.60. The second-order valence-corrected chi connectivity index (χ2v) is 10.0. The first-order chi connectivity index (χ1) is 16.4. The van der Waals surface area contributed by atoms with E-state index in [1.165, 1.54) is 0 Å². The molecule has 1 heterocycles. The Morgan fingerprint density at radius 1 is 1.08 bits per heavy atom. The van der Waals surface area contributed by atoms with Crippen molar-refractivity contribution in [1.29, 1.82) is 0 Å². The number of aryl methyl sites for hydroxylation is 1. The zero-order valence-corrected chi connectivity index (χ0v) is 20.4. The molecule has 0 radical (unpaired) electrons. The fourth-order valence-electron chi connectivity index (χ4n) is 3.17. The van der Waals surface area contributed by atoms with Crippen LogP contribution in [0.5, 0.6) is 5.75 Å². The van der Waals surface area contributed by atoms with Gasteiger partial charge in [0.15, 0.2) is 6.61 Å². The molecule has 1 aliphatic heterocycles. The van der Waals surface area contributed by atoms with E-state index >= 15 is 0 Å². The summed E-state index contributed by atoms with van der Waals surface area (Å²) < 4.78 is 109. The lowest BCUT2D eigenvalue weighted by atomic mass is 10.1. The molecule has 0 spiro atoms. The molecule has 204 valence electrons. The number of halogens is 7. The summed E-state index contributed by atoms with van der Waals surface area (Å²) in [7, 11) is -3.80. The summed E-state index contributed by atoms with van der Waals surface area (Å²) in [6.07, 6.45) is -16.8. The topological polar surface area (TPSA) is 105 Å². The molecular formula is C19H22ClF6N3O6S. The molecular weight excluding hydrogens is 548 g/mol. The van der Waals surface area contributed by atoms with Gasteiger partial charge in [0, 0.05) is 38.3 Å². The van der Waals surface area contributed by atoms with E-state index in [9.17, 15) is 44.3 Å². The number of amides is 2. The summed E-state index contributed by atoms with van der Waals surface area (Å²) in [5.74, 6) is -0.843. The fraction of sp³-hybridized carbons (Fsp3) is 0.579. The largest absolute Gasteiger partial charge is 0.482 e. The van der Waals surface area contributed by atoms with Crippen LogP contribution in [0.15, 0.2) is 12.1 Å². The average Bonchev–Trinajstić information content (AvgIpc) is 2.71. The molecule has 0 aliphatic carbocycles. The molecule has 17 heteroatoms. The second-order valence-electron chi connectivity index (χ2n) is 7.88. The number of hydrogen-bond acceptors (Lipinski definition) is 7. The minimum atomic E-state index is -5.81. The maximum atomic E-state index is 12.6. The zero-order valence-electron chi connectivity index (χ0n) is 18.9. The Morgan fingerprint density at radius 2 is 1.64 bits per heavy atom. The normalized spacial score (nSPS) is 15.7. The van der Waals surface area contributed by atoms with Crippen LogP contribution in [0.2, 0.25) is 5.02 Å². The Hall–Kier alpha value is -2.46. The van der Waals surface area contributed by atoms with E-state index in [-0.39, 0.29) is 43.5 Å². The van der Waals surface area contributed by atoms with Crippen molar-refractivity contribution in [1.82, 2.24) is 14.5 Å². The Morgan fingerprint density at radius 3 is 2.14 bits per heavy atom. The van der Waals surface area contributed by atoms with E-state index in [1.54, 1.807) is 28.7 Å². The molecule has 0 saturated carbocycles. The summed E-state index contributed by atoms with van der Waals surface area (Å²) in [5.41, 5.74) is 1.07. The molecule has 0 aromatic heterocycles. The van der Waals surface area contributed by atoms with E-state index in [2.05, 4.69) is 4.74 Å². The number of rotatable bonds is 7. The number of carbonyl (C=O) groups is 2. The van der Waals surface area contributed by atoms with Crippen LogP contribution in [0.25, 0.3) is 0 Å². The van der Waals surface area contributed by atoms with Crippen LogP contribution in [0.3, 0.4) is 0 Å². The molecule has 2 amide bonds. The third-order valence-electron chi connectivity index (χ3n) is 4.86. The van der Waals surface area contributed by atoms with Crippen molar-refractivity contribution in [3.05, 3.63) is 28.3 Å². The minimum absolute atomic E-state index is 0.0668. The van der Waals surface area contributed by atoms with Gasteiger partial charge in [0.2, 0.25) is 10.0 Å². The van der Waals surface area contributed by atoms with E-state index in [4.69, 9.17) is 16.3 Å². The quantitative estimate of drug-likeness (QED) is 0.504. The van der Waals surface area contributed by atoms with Gasteiger partial charge in [-0.3, -0.25) is 14.4 Å². The van der Waals surface area contributed by atoms with Gasteiger partial charge in [0.25, 0.3) is 12.0 Å². The van der Waals surface area contributed by atoms with Gasteiger partial charge in [-0.25, -0.2) is 13.2 Å². The Labute approximate surface area is 207 Å². The van der Waals surface area contributed by atoms with Crippen LogP contribution < -0.4 is 9.46 Å². The Balaban J connectivity index is 2.03. The van der Waals surface area contributed by atoms with Gasteiger partial charge >= 0.3 is 18.4 Å². The van der Waals surface area contributed by atoms with Gasteiger partial charge in [-0.15, -0.1) is 0 Å². The van der Waals surface area contributed by atoms with Crippen LogP contribution in [0.4, 0.5) is 31.1 Å². The lowest BCUT2D eigenvalue weighted by Gasteiger charge is -2.35. The maximum absolute atomic E-state index is 12.6. The summed E-state index contributed by atoms with van der Waals surface area (Å²) in [5, 5.41) is 0.159. The predicted molar refractivity (Wildman–Crippen MR) is 114 cm³/mol. The van der Waals surface area contributed by atoms with Gasteiger partial charge in [0.05, 0.1) is 11.3 Å². The van der Waals surface area contributed by atoms with Crippen LogP contribution in [0, 0.1) is 6.92 Å². The number of piperazine rings is 1. The van der Waals surface area contributed by atoms with Crippen molar-refractivity contribution in [2.75, 3.05) is 39.0 Å². The van der Waals surface area contributed by atoms with Crippen LogP contribution >= 0.6 is 11.6 Å². The van der Waals surface area contributed by atoms with Gasteiger partial charge in [-0.1, -0.05) is 23.7 Å². The molecule has 2 rings (SSSR count). The van der Waals surface area contributed by atoms with Crippen molar-refractivity contribution >= 4 is 33.6 Å². The number of alkyl halides is 6. The fourth-order valence-corrected chi connectivity index (χ4v) is 3.88. The third kappa shape index (κ3) is 8.58. The standard InChI is InChI=1S/C19H22ClF6N3O6S/c1-11-3-4-12(15(14(11)20)34-10-13(30)27-36(2,32)33)9-28-5-7-29(8-6-28)17(31)35-16(18(21,22)23)19(24,25)26/h3-4,16H,5-10H2,1-2H3,(H,27,30). The predicted octanol–water partition coefficient (Wildman–Crippen LogP) is 2.85. The van der Waals surface area contributed by atoms with Gasteiger partial charge in [0.1, 0.15) is 5.75 Å². The molecule has 0 unspecified atom stereocenters. The van der Waals surface area contributed by atoms with Crippen LogP contribution in [-0.4, -0.2) is 87.7 Å². The molecule has 0 bridgehead atoms. The molecule has 1 fully saturated rings. The summed E-state index contributed by atoms with van der Waals surface area (Å²) in [6, 6.07) is 3.28. The minimum Gasteiger partial charge on any atom is -0.482 e. The van der Waals surface area contributed by atoms with Crippen molar-refractivity contribution in [3.8, 4) is 5.75 Å². The molecule has 36 heavy (non-hydrogen) atoms. The number of ether oxygens (including phenoxy) is 2. The highest BCUT2D eigenvalue weighted by molar-refractivity contribution is 7.89. The highest BCUT2D eigenvalue weighted by Crippen LogP contribution is 2.36. The van der Waals surface area contributed by atoms with Crippen molar-refractivity contribution in [3.63, 3.8) is 0 Å². The Kier molecular flexibility index (Phi) is 9.34. The number of sulfonamides is 1. The highest BCUT2D eigenvalue weighted by atomic mass is 35.5. The first-order valence-corrected chi connectivity index (χ1v) is 12.4. The van der Waals surface area contributed by atoms with Crippen molar-refractivity contribution < 1.29 is 53.8 Å². The SMILES string of the molecule is Cc1ccc(CN2CCN(C(=O)OC(C(F)(F)F)C(F)(F)F)CC2)c(OCC(=O)NS(C)(=O)=O)c1Cl. The number of carbonyl (C=O) groups excluding carboxylic acids is 2. The van der Waals surface area contributed by atoms with Gasteiger partial charge < -0.3 is 14.4 Å². The first-order valence-electron chi connectivity index (χ1n) is 10.1. The van der Waals surface area contributed by atoms with Crippen LogP contribution in [-0.2, 0) is 26.1 Å². The van der Waals surface area contributed by atoms with E-state index in [1.807, 2.05) is 0 Å². The van der Waals surface area contributed by atoms with E-state index < -0.39 is 47.1 Å². The molecule has 1 aliphatic rings. The summed E-state index contributed by atoms with van der Waals surface area (Å²) in [6.45, 7) is 0.841. The van der Waals surface area contributed by atoms with Gasteiger partial charge in [-0.2, -0.15) is 26.3 Å². The van der Waals surface area contributed by atoms with Crippen molar-refractivity contribution in [2.45, 2.75) is 31.9 Å². The number of nitrogens with one attached hydrogen (secondary N) is 1. The lowest BCUT2D eigenvalue weighted by molar-refractivity contribution is -0.308. The number of benzene rings is 1. The lowest BCUT2D eigenvalue weighted by Crippen LogP contribution is -2.52. The first kappa shape index (κ1) is 29.8. The summed E-state index contributed by atoms with van der Waals surface area (Å²) >= 11 is 6.27.